The second-order valence-corrected chi connectivity index (χ2v) is 8.55. The van der Waals surface area contributed by atoms with Crippen LogP contribution in [0.3, 0.4) is 0 Å². The molecule has 0 heterocycles. The topological polar surface area (TPSA) is 0 Å². The maximum Gasteiger partial charge on any atom is 0.127 e. The van der Waals surface area contributed by atoms with Gasteiger partial charge in [0, 0.05) is 16.5 Å². The van der Waals surface area contributed by atoms with E-state index in [1.54, 1.807) is 24.3 Å². The Labute approximate surface area is 185 Å². The summed E-state index contributed by atoms with van der Waals surface area (Å²) in [4.78, 5) is 0. The molecule has 0 bridgehead atoms. The van der Waals surface area contributed by atoms with Gasteiger partial charge in [0.1, 0.15) is 11.6 Å². The lowest BCUT2D eigenvalue weighted by Crippen LogP contribution is -2.28. The summed E-state index contributed by atoms with van der Waals surface area (Å²) in [5.41, 5.74) is 0.789. The van der Waals surface area contributed by atoms with E-state index in [9.17, 15) is 0 Å². The molecule has 0 aromatic heterocycles. The Kier molecular flexibility index (Phi) is 4.06. The summed E-state index contributed by atoms with van der Waals surface area (Å²) in [6, 6.07) is 32.2. The minimum atomic E-state index is -1.01. The summed E-state index contributed by atoms with van der Waals surface area (Å²) >= 11 is 0. The van der Waals surface area contributed by atoms with Crippen molar-refractivity contribution in [3.05, 3.63) is 131 Å². The van der Waals surface area contributed by atoms with E-state index in [1.807, 2.05) is 25.1 Å². The fourth-order valence-corrected chi connectivity index (χ4v) is 5.34. The molecule has 154 valence electrons. The molecule has 0 amide bonds. The zero-order valence-electron chi connectivity index (χ0n) is 17.6. The van der Waals surface area contributed by atoms with E-state index in [1.165, 1.54) is 17.5 Å². The van der Waals surface area contributed by atoms with Crippen molar-refractivity contribution >= 4 is 32.3 Å². The van der Waals surface area contributed by atoms with Crippen LogP contribution in [0.2, 0.25) is 0 Å². The molecule has 0 nitrogen and oxygen atoms in total. The molecule has 0 saturated heterocycles. The third-order valence-corrected chi connectivity index (χ3v) is 6.89. The van der Waals surface area contributed by atoms with Gasteiger partial charge in [-0.2, -0.15) is 0 Å². The van der Waals surface area contributed by atoms with E-state index in [2.05, 4.69) is 48.5 Å². The van der Waals surface area contributed by atoms with E-state index >= 15 is 8.78 Å². The van der Waals surface area contributed by atoms with Crippen LogP contribution >= 0.6 is 0 Å². The van der Waals surface area contributed by atoms with E-state index in [-0.39, 0.29) is 11.6 Å². The summed E-state index contributed by atoms with van der Waals surface area (Å²) in [6.07, 6.45) is 0. The molecular formula is C30H20F2. The molecule has 0 spiro atoms. The summed E-state index contributed by atoms with van der Waals surface area (Å²) in [5.74, 6) is -0.687. The van der Waals surface area contributed by atoms with Crippen LogP contribution in [-0.2, 0) is 5.41 Å². The molecule has 0 aliphatic carbocycles. The molecule has 2 heteroatoms. The van der Waals surface area contributed by atoms with Crippen molar-refractivity contribution in [2.75, 3.05) is 0 Å². The quantitative estimate of drug-likeness (QED) is 0.201. The Morgan fingerprint density at radius 2 is 0.969 bits per heavy atom. The SMILES string of the molecule is CC(c1ccccc1F)(c1ccccc1F)c1ccc2ccc3cccc4ccc1c2c34. The lowest BCUT2D eigenvalue weighted by molar-refractivity contribution is 0.537. The number of hydrogen-bond donors (Lipinski definition) is 0. The van der Waals surface area contributed by atoms with Gasteiger partial charge in [0.15, 0.2) is 0 Å². The van der Waals surface area contributed by atoms with Gasteiger partial charge in [-0.3, -0.25) is 0 Å². The molecule has 0 aliphatic heterocycles. The Balaban J connectivity index is 1.80. The van der Waals surface area contributed by atoms with Gasteiger partial charge < -0.3 is 0 Å². The average Bonchev–Trinajstić information content (AvgIpc) is 2.82. The third kappa shape index (κ3) is 2.53. The van der Waals surface area contributed by atoms with Gasteiger partial charge in [-0.15, -0.1) is 0 Å². The van der Waals surface area contributed by atoms with Crippen LogP contribution in [0.15, 0.2) is 103 Å². The number of benzene rings is 6. The van der Waals surface area contributed by atoms with Crippen molar-refractivity contribution in [1.29, 1.82) is 0 Å². The molecule has 32 heavy (non-hydrogen) atoms. The van der Waals surface area contributed by atoms with Crippen LogP contribution in [0.1, 0.15) is 23.6 Å². The largest absolute Gasteiger partial charge is 0.207 e. The lowest BCUT2D eigenvalue weighted by Gasteiger charge is -2.34. The van der Waals surface area contributed by atoms with Crippen LogP contribution in [0.5, 0.6) is 0 Å². The van der Waals surface area contributed by atoms with Gasteiger partial charge >= 0.3 is 0 Å². The Bertz CT molecular complexity index is 1550. The summed E-state index contributed by atoms with van der Waals surface area (Å²) < 4.78 is 30.5. The zero-order valence-corrected chi connectivity index (χ0v) is 17.6. The Hall–Kier alpha value is -3.78. The summed E-state index contributed by atoms with van der Waals surface area (Å²) in [5, 5.41) is 6.79. The van der Waals surface area contributed by atoms with Crippen molar-refractivity contribution in [3.8, 4) is 0 Å². The number of halogens is 2. The molecule has 0 unspecified atom stereocenters. The Morgan fingerprint density at radius 3 is 1.56 bits per heavy atom. The first kappa shape index (κ1) is 18.9. The van der Waals surface area contributed by atoms with Crippen LogP contribution in [0.4, 0.5) is 8.78 Å². The molecule has 0 N–H and O–H groups in total. The average molecular weight is 418 g/mol. The van der Waals surface area contributed by atoms with Gasteiger partial charge in [0.25, 0.3) is 0 Å². The van der Waals surface area contributed by atoms with Crippen molar-refractivity contribution in [1.82, 2.24) is 0 Å². The van der Waals surface area contributed by atoms with Crippen LogP contribution in [0, 0.1) is 11.6 Å². The fourth-order valence-electron chi connectivity index (χ4n) is 5.34. The van der Waals surface area contributed by atoms with Gasteiger partial charge in [-0.05, 0) is 56.9 Å². The maximum absolute atomic E-state index is 15.3. The smallest absolute Gasteiger partial charge is 0.127 e. The van der Waals surface area contributed by atoms with Crippen molar-refractivity contribution < 1.29 is 8.78 Å². The maximum atomic E-state index is 15.3. The minimum Gasteiger partial charge on any atom is -0.207 e. The standard InChI is InChI=1S/C30H20F2/c1-30(24-9-2-4-11-26(24)31,25-10-3-5-12-27(25)32)23-18-16-21-14-13-19-7-6-8-20-15-17-22(23)29(21)28(19)20/h2-18H,1H3. The first-order valence-corrected chi connectivity index (χ1v) is 10.8. The number of rotatable bonds is 3. The van der Waals surface area contributed by atoms with Gasteiger partial charge in [-0.1, -0.05) is 91.0 Å². The highest BCUT2D eigenvalue weighted by Gasteiger charge is 2.37. The second-order valence-electron chi connectivity index (χ2n) is 8.55. The normalized spacial score (nSPS) is 12.2. The summed E-state index contributed by atoms with van der Waals surface area (Å²) in [6.45, 7) is 1.93. The monoisotopic (exact) mass is 418 g/mol. The lowest BCUT2D eigenvalue weighted by atomic mass is 9.69. The van der Waals surface area contributed by atoms with Crippen LogP contribution < -0.4 is 0 Å². The predicted octanol–water partition coefficient (Wildman–Crippen LogP) is 8.22. The van der Waals surface area contributed by atoms with E-state index in [0.717, 1.165) is 32.5 Å². The van der Waals surface area contributed by atoms with E-state index in [4.69, 9.17) is 0 Å². The highest BCUT2D eigenvalue weighted by Crippen LogP contribution is 2.46. The first-order chi connectivity index (χ1) is 15.6. The van der Waals surface area contributed by atoms with E-state index in [0.29, 0.717) is 11.1 Å². The second kappa shape index (κ2) is 6.86. The minimum absolute atomic E-state index is 0.344. The van der Waals surface area contributed by atoms with Crippen molar-refractivity contribution in [2.45, 2.75) is 12.3 Å². The highest BCUT2D eigenvalue weighted by atomic mass is 19.1. The van der Waals surface area contributed by atoms with E-state index < -0.39 is 5.41 Å². The van der Waals surface area contributed by atoms with Gasteiger partial charge in [0.2, 0.25) is 0 Å². The zero-order chi connectivity index (χ0) is 21.9. The number of hydrogen-bond acceptors (Lipinski definition) is 0. The first-order valence-electron chi connectivity index (χ1n) is 10.8. The predicted molar refractivity (Wildman–Crippen MR) is 129 cm³/mol. The third-order valence-electron chi connectivity index (χ3n) is 6.89. The van der Waals surface area contributed by atoms with Gasteiger partial charge in [0.05, 0.1) is 0 Å². The van der Waals surface area contributed by atoms with Crippen molar-refractivity contribution in [3.63, 3.8) is 0 Å². The molecule has 6 aromatic rings. The van der Waals surface area contributed by atoms with Crippen LogP contribution in [0.25, 0.3) is 32.3 Å². The molecule has 0 radical (unpaired) electrons. The molecular weight excluding hydrogens is 398 g/mol. The van der Waals surface area contributed by atoms with Crippen molar-refractivity contribution in [2.24, 2.45) is 0 Å². The fraction of sp³-hybridized carbons (Fsp3) is 0.0667. The summed E-state index contributed by atoms with van der Waals surface area (Å²) in [7, 11) is 0. The molecule has 0 aliphatic rings. The molecule has 0 atom stereocenters. The van der Waals surface area contributed by atoms with Gasteiger partial charge in [-0.25, -0.2) is 8.78 Å². The Morgan fingerprint density at radius 1 is 0.469 bits per heavy atom. The molecule has 0 fully saturated rings. The van der Waals surface area contributed by atoms with Crippen LogP contribution in [-0.4, -0.2) is 0 Å². The molecule has 6 aromatic carbocycles. The highest BCUT2D eigenvalue weighted by molar-refractivity contribution is 6.23. The molecule has 0 saturated carbocycles. The molecule has 6 rings (SSSR count).